The molecule has 0 aliphatic rings. The second kappa shape index (κ2) is 13.5. The molecule has 0 aliphatic heterocycles. The molecule has 6 heteroatoms. The number of nitrogens with zero attached hydrogens (tertiary/aromatic N) is 5. The monoisotopic (exact) mass is 631 g/mol. The largest absolute Gasteiger partial charge is 0.457 e. The van der Waals surface area contributed by atoms with Crippen LogP contribution in [0.1, 0.15) is 0 Å². The van der Waals surface area contributed by atoms with E-state index in [1.54, 1.807) is 0 Å². The van der Waals surface area contributed by atoms with Crippen molar-refractivity contribution < 1.29 is 4.74 Å². The Morgan fingerprint density at radius 2 is 0.694 bits per heavy atom. The summed E-state index contributed by atoms with van der Waals surface area (Å²) in [7, 11) is 0. The van der Waals surface area contributed by atoms with Crippen molar-refractivity contribution in [3.05, 3.63) is 176 Å². The first kappa shape index (κ1) is 29.6. The molecular formula is C43H29N5O. The van der Waals surface area contributed by atoms with Crippen molar-refractivity contribution >= 4 is 0 Å². The molecule has 0 bridgehead atoms. The molecule has 0 unspecified atom stereocenters. The Balaban J connectivity index is 1.14. The number of hydrogen-bond acceptors (Lipinski definition) is 6. The van der Waals surface area contributed by atoms with Crippen LogP contribution in [0.3, 0.4) is 0 Å². The molecule has 0 N–H and O–H groups in total. The lowest BCUT2D eigenvalue weighted by Crippen LogP contribution is -2.00. The minimum absolute atomic E-state index is 0.583. The maximum absolute atomic E-state index is 6.50. The third-order valence-corrected chi connectivity index (χ3v) is 8.03. The Bertz CT molecular complexity index is 2220. The highest BCUT2D eigenvalue weighted by molar-refractivity contribution is 5.74. The zero-order valence-corrected chi connectivity index (χ0v) is 26.4. The molecule has 2 aromatic heterocycles. The summed E-state index contributed by atoms with van der Waals surface area (Å²) in [5, 5.41) is 0. The lowest BCUT2D eigenvalue weighted by Gasteiger charge is -2.13. The highest BCUT2D eigenvalue weighted by Crippen LogP contribution is 2.35. The molecule has 0 atom stereocenters. The molecule has 6 aromatic carbocycles. The normalized spacial score (nSPS) is 10.9. The van der Waals surface area contributed by atoms with E-state index in [4.69, 9.17) is 29.7 Å². The Labute approximate surface area is 284 Å². The number of ether oxygens (including phenoxy) is 1. The van der Waals surface area contributed by atoms with Crippen LogP contribution >= 0.6 is 0 Å². The van der Waals surface area contributed by atoms with E-state index in [1.807, 2.05) is 152 Å². The Kier molecular flexibility index (Phi) is 8.17. The second-order valence-electron chi connectivity index (χ2n) is 11.4. The van der Waals surface area contributed by atoms with Crippen LogP contribution in [-0.4, -0.2) is 24.9 Å². The number of para-hydroxylation sites is 1. The SMILES string of the molecule is c1ccc(-c2cc(-c3ccccc3)nc(-c3ccccc3Oc3ccc(-c4nc(-c5ccccc5)nc(-c5ccccc5)n4)cc3)n2)cc1. The van der Waals surface area contributed by atoms with Crippen LogP contribution in [-0.2, 0) is 0 Å². The van der Waals surface area contributed by atoms with E-state index >= 15 is 0 Å². The van der Waals surface area contributed by atoms with Gasteiger partial charge in [-0.1, -0.05) is 133 Å². The molecule has 0 radical (unpaired) electrons. The van der Waals surface area contributed by atoms with Crippen molar-refractivity contribution in [1.29, 1.82) is 0 Å². The van der Waals surface area contributed by atoms with Gasteiger partial charge in [0.15, 0.2) is 23.3 Å². The molecule has 0 amide bonds. The standard InChI is InChI=1S/C43H29N5O/c1-5-15-30(16-6-1)37-29-38(31-17-7-2-8-18-31)45-43(44-37)36-23-13-14-24-39(36)49-35-27-25-34(26-28-35)42-47-40(32-19-9-3-10-20-32)46-41(48-42)33-21-11-4-12-22-33/h1-29H. The van der Waals surface area contributed by atoms with Gasteiger partial charge in [-0.2, -0.15) is 0 Å². The lowest BCUT2D eigenvalue weighted by molar-refractivity contribution is 0.484. The minimum Gasteiger partial charge on any atom is -0.457 e. The zero-order chi connectivity index (χ0) is 32.8. The molecule has 8 rings (SSSR count). The van der Waals surface area contributed by atoms with E-state index in [0.29, 0.717) is 34.8 Å². The van der Waals surface area contributed by atoms with Crippen LogP contribution in [0.2, 0.25) is 0 Å². The van der Waals surface area contributed by atoms with Crippen LogP contribution in [0.15, 0.2) is 176 Å². The average molecular weight is 632 g/mol. The van der Waals surface area contributed by atoms with Crippen LogP contribution in [0, 0.1) is 0 Å². The maximum atomic E-state index is 6.50. The summed E-state index contributed by atoms with van der Waals surface area (Å²) in [6.45, 7) is 0. The fourth-order valence-electron chi connectivity index (χ4n) is 5.56. The molecule has 0 saturated carbocycles. The van der Waals surface area contributed by atoms with Gasteiger partial charge in [0.05, 0.1) is 17.0 Å². The van der Waals surface area contributed by atoms with Gasteiger partial charge in [-0.15, -0.1) is 0 Å². The fraction of sp³-hybridized carbons (Fsp3) is 0. The van der Waals surface area contributed by atoms with Crippen molar-refractivity contribution in [3.8, 4) is 79.6 Å². The predicted octanol–water partition coefficient (Wildman–Crippen LogP) is 10.5. The van der Waals surface area contributed by atoms with Gasteiger partial charge in [-0.3, -0.25) is 0 Å². The average Bonchev–Trinajstić information content (AvgIpc) is 3.19. The first-order valence-corrected chi connectivity index (χ1v) is 16.0. The van der Waals surface area contributed by atoms with E-state index < -0.39 is 0 Å². The van der Waals surface area contributed by atoms with E-state index in [-0.39, 0.29) is 0 Å². The van der Waals surface area contributed by atoms with Crippen molar-refractivity contribution in [2.24, 2.45) is 0 Å². The summed E-state index contributed by atoms with van der Waals surface area (Å²) < 4.78 is 6.50. The van der Waals surface area contributed by atoms with Gasteiger partial charge in [-0.25, -0.2) is 24.9 Å². The van der Waals surface area contributed by atoms with Gasteiger partial charge in [0, 0.05) is 27.8 Å². The van der Waals surface area contributed by atoms with Gasteiger partial charge in [0.2, 0.25) is 0 Å². The fourth-order valence-corrected chi connectivity index (χ4v) is 5.56. The minimum atomic E-state index is 0.583. The van der Waals surface area contributed by atoms with Crippen LogP contribution < -0.4 is 4.74 Å². The molecule has 6 nitrogen and oxygen atoms in total. The van der Waals surface area contributed by atoms with Crippen molar-refractivity contribution in [2.45, 2.75) is 0 Å². The highest BCUT2D eigenvalue weighted by Gasteiger charge is 2.16. The van der Waals surface area contributed by atoms with Crippen LogP contribution in [0.4, 0.5) is 0 Å². The van der Waals surface area contributed by atoms with Crippen LogP contribution in [0.25, 0.3) is 68.1 Å². The lowest BCUT2D eigenvalue weighted by atomic mass is 10.1. The molecule has 2 heterocycles. The van der Waals surface area contributed by atoms with E-state index in [0.717, 1.165) is 44.8 Å². The maximum Gasteiger partial charge on any atom is 0.164 e. The third-order valence-electron chi connectivity index (χ3n) is 8.03. The predicted molar refractivity (Wildman–Crippen MR) is 195 cm³/mol. The van der Waals surface area contributed by atoms with Crippen LogP contribution in [0.5, 0.6) is 11.5 Å². The summed E-state index contributed by atoms with van der Waals surface area (Å²) in [6.07, 6.45) is 0. The zero-order valence-electron chi connectivity index (χ0n) is 26.4. The van der Waals surface area contributed by atoms with Crippen molar-refractivity contribution in [3.63, 3.8) is 0 Å². The van der Waals surface area contributed by atoms with Crippen molar-refractivity contribution in [2.75, 3.05) is 0 Å². The van der Waals surface area contributed by atoms with Crippen molar-refractivity contribution in [1.82, 2.24) is 24.9 Å². The number of rotatable bonds is 8. The van der Waals surface area contributed by atoms with Gasteiger partial charge >= 0.3 is 0 Å². The summed E-state index contributed by atoms with van der Waals surface area (Å²) in [5.41, 5.74) is 7.20. The summed E-state index contributed by atoms with van der Waals surface area (Å²) in [6, 6.07) is 57.9. The number of hydrogen-bond donors (Lipinski definition) is 0. The number of aromatic nitrogens is 5. The van der Waals surface area contributed by atoms with Gasteiger partial charge in [-0.05, 0) is 42.5 Å². The van der Waals surface area contributed by atoms with Gasteiger partial charge < -0.3 is 4.74 Å². The smallest absolute Gasteiger partial charge is 0.164 e. The van der Waals surface area contributed by atoms with E-state index in [2.05, 4.69) is 24.3 Å². The topological polar surface area (TPSA) is 73.7 Å². The molecule has 0 aliphatic carbocycles. The summed E-state index contributed by atoms with van der Waals surface area (Å²) >= 11 is 0. The van der Waals surface area contributed by atoms with E-state index in [1.165, 1.54) is 0 Å². The third kappa shape index (κ3) is 6.57. The summed E-state index contributed by atoms with van der Waals surface area (Å²) in [4.78, 5) is 24.5. The molecule has 0 saturated heterocycles. The Morgan fingerprint density at radius 3 is 1.16 bits per heavy atom. The first-order valence-electron chi connectivity index (χ1n) is 16.0. The molecule has 232 valence electrons. The molecule has 0 spiro atoms. The first-order chi connectivity index (χ1) is 24.3. The number of benzene rings is 6. The molecule has 49 heavy (non-hydrogen) atoms. The quantitative estimate of drug-likeness (QED) is 0.166. The molecular weight excluding hydrogens is 603 g/mol. The van der Waals surface area contributed by atoms with Gasteiger partial charge in [0.1, 0.15) is 11.5 Å². The molecule has 0 fully saturated rings. The highest BCUT2D eigenvalue weighted by atomic mass is 16.5. The Morgan fingerprint density at radius 1 is 0.306 bits per heavy atom. The van der Waals surface area contributed by atoms with E-state index in [9.17, 15) is 0 Å². The summed E-state index contributed by atoms with van der Waals surface area (Å²) in [5.74, 6) is 3.72. The molecule has 8 aromatic rings. The Hall–Kier alpha value is -6.79. The second-order valence-corrected chi connectivity index (χ2v) is 11.4. The van der Waals surface area contributed by atoms with Gasteiger partial charge in [0.25, 0.3) is 0 Å².